The van der Waals surface area contributed by atoms with Crippen molar-refractivity contribution in [2.24, 2.45) is 11.8 Å². The van der Waals surface area contributed by atoms with Gasteiger partial charge in [0.2, 0.25) is 0 Å². The van der Waals surface area contributed by atoms with Crippen molar-refractivity contribution < 1.29 is 4.79 Å². The first-order valence-corrected chi connectivity index (χ1v) is 7.83. The lowest BCUT2D eigenvalue weighted by Gasteiger charge is -2.06. The third kappa shape index (κ3) is 3.24. The van der Waals surface area contributed by atoms with Crippen LogP contribution in [0.15, 0.2) is 54.6 Å². The summed E-state index contributed by atoms with van der Waals surface area (Å²) in [7, 11) is 0. The topological polar surface area (TPSA) is 17.1 Å². The summed E-state index contributed by atoms with van der Waals surface area (Å²) in [5.74, 6) is 1.56. The molecule has 1 aliphatic rings. The maximum atomic E-state index is 12.5. The number of Topliss-reactive ketones (excluding diaryl/α,β-unsaturated/α-hetero) is 1. The van der Waals surface area contributed by atoms with Crippen LogP contribution in [0.3, 0.4) is 0 Å². The van der Waals surface area contributed by atoms with E-state index < -0.39 is 0 Å². The normalized spacial score (nSPS) is 20.5. The van der Waals surface area contributed by atoms with Crippen LogP contribution in [-0.4, -0.2) is 5.78 Å². The number of carbonyl (C=O) groups excluding carboxylic acids is 1. The number of ketones is 1. The zero-order valence-corrected chi connectivity index (χ0v) is 12.8. The smallest absolute Gasteiger partial charge is 0.166 e. The Balaban J connectivity index is 1.67. The van der Waals surface area contributed by atoms with E-state index in [2.05, 4.69) is 50.2 Å². The standard InChI is InChI=1S/C20H22O/c1-14(2)12-15-8-10-17(11-9-15)20(21)19-13-18(19)16-6-4-3-5-7-16/h3-11,14,18-19H,12-13H2,1-2H3. The third-order valence-electron chi connectivity index (χ3n) is 4.24. The molecule has 1 saturated carbocycles. The highest BCUT2D eigenvalue weighted by Crippen LogP contribution is 2.49. The summed E-state index contributed by atoms with van der Waals surface area (Å²) < 4.78 is 0. The minimum atomic E-state index is 0.184. The predicted octanol–water partition coefficient (Wildman–Crippen LogP) is 4.87. The highest BCUT2D eigenvalue weighted by atomic mass is 16.1. The lowest BCUT2D eigenvalue weighted by atomic mass is 9.98. The van der Waals surface area contributed by atoms with Gasteiger partial charge in [-0.15, -0.1) is 0 Å². The van der Waals surface area contributed by atoms with E-state index in [-0.39, 0.29) is 5.92 Å². The summed E-state index contributed by atoms with van der Waals surface area (Å²) in [6.45, 7) is 4.43. The molecule has 0 bridgehead atoms. The summed E-state index contributed by atoms with van der Waals surface area (Å²) >= 11 is 0. The van der Waals surface area contributed by atoms with Gasteiger partial charge in [0.05, 0.1) is 0 Å². The molecule has 0 saturated heterocycles. The van der Waals surface area contributed by atoms with E-state index in [1.54, 1.807) is 0 Å². The second kappa shape index (κ2) is 5.85. The van der Waals surface area contributed by atoms with E-state index in [4.69, 9.17) is 0 Å². The molecule has 0 aromatic heterocycles. The molecule has 0 aliphatic heterocycles. The average Bonchev–Trinajstić information content (AvgIpc) is 3.28. The molecule has 0 spiro atoms. The summed E-state index contributed by atoms with van der Waals surface area (Å²) in [6.07, 6.45) is 2.07. The minimum Gasteiger partial charge on any atom is -0.294 e. The molecule has 0 radical (unpaired) electrons. The highest BCUT2D eigenvalue weighted by Gasteiger charge is 2.43. The lowest BCUT2D eigenvalue weighted by Crippen LogP contribution is -2.03. The fraction of sp³-hybridized carbons (Fsp3) is 0.350. The van der Waals surface area contributed by atoms with Crippen LogP contribution in [0, 0.1) is 11.8 Å². The number of benzene rings is 2. The SMILES string of the molecule is CC(C)Cc1ccc(C(=O)C2CC2c2ccccc2)cc1. The average molecular weight is 278 g/mol. The second-order valence-corrected chi connectivity index (χ2v) is 6.52. The van der Waals surface area contributed by atoms with E-state index in [1.165, 1.54) is 11.1 Å². The van der Waals surface area contributed by atoms with Crippen LogP contribution in [0.2, 0.25) is 0 Å². The summed E-state index contributed by atoms with van der Waals surface area (Å²) in [5, 5.41) is 0. The van der Waals surface area contributed by atoms with Crippen molar-refractivity contribution in [2.75, 3.05) is 0 Å². The Labute approximate surface area is 127 Å². The zero-order chi connectivity index (χ0) is 14.8. The molecule has 2 atom stereocenters. The molecular weight excluding hydrogens is 256 g/mol. The number of hydrogen-bond acceptors (Lipinski definition) is 1. The van der Waals surface area contributed by atoms with Gasteiger partial charge in [-0.3, -0.25) is 4.79 Å². The fourth-order valence-corrected chi connectivity index (χ4v) is 3.04. The molecule has 2 aromatic rings. The van der Waals surface area contributed by atoms with Crippen LogP contribution in [0.25, 0.3) is 0 Å². The van der Waals surface area contributed by atoms with Crippen LogP contribution < -0.4 is 0 Å². The van der Waals surface area contributed by atoms with Gasteiger partial charge in [0.25, 0.3) is 0 Å². The maximum absolute atomic E-state index is 12.5. The maximum Gasteiger partial charge on any atom is 0.166 e. The van der Waals surface area contributed by atoms with Gasteiger partial charge in [0.15, 0.2) is 5.78 Å². The number of carbonyl (C=O) groups is 1. The minimum absolute atomic E-state index is 0.184. The second-order valence-electron chi connectivity index (χ2n) is 6.52. The molecule has 21 heavy (non-hydrogen) atoms. The fourth-order valence-electron chi connectivity index (χ4n) is 3.04. The van der Waals surface area contributed by atoms with Crippen LogP contribution in [-0.2, 0) is 6.42 Å². The van der Waals surface area contributed by atoms with Gasteiger partial charge in [-0.25, -0.2) is 0 Å². The number of rotatable bonds is 5. The summed E-state index contributed by atoms with van der Waals surface area (Å²) in [5.41, 5.74) is 3.48. The van der Waals surface area contributed by atoms with Gasteiger partial charge in [-0.05, 0) is 35.8 Å². The van der Waals surface area contributed by atoms with Crippen molar-refractivity contribution in [3.05, 3.63) is 71.3 Å². The van der Waals surface area contributed by atoms with E-state index in [0.717, 1.165) is 18.4 Å². The molecule has 0 heterocycles. The van der Waals surface area contributed by atoms with Gasteiger partial charge >= 0.3 is 0 Å². The molecule has 108 valence electrons. The van der Waals surface area contributed by atoms with Gasteiger partial charge in [-0.1, -0.05) is 68.4 Å². The van der Waals surface area contributed by atoms with E-state index >= 15 is 0 Å². The Kier molecular flexibility index (Phi) is 3.92. The van der Waals surface area contributed by atoms with Crippen molar-refractivity contribution in [1.82, 2.24) is 0 Å². The molecule has 0 N–H and O–H groups in total. The predicted molar refractivity (Wildman–Crippen MR) is 86.6 cm³/mol. The van der Waals surface area contributed by atoms with Crippen LogP contribution in [0.1, 0.15) is 47.7 Å². The van der Waals surface area contributed by atoms with Crippen molar-refractivity contribution in [1.29, 1.82) is 0 Å². The largest absolute Gasteiger partial charge is 0.294 e. The van der Waals surface area contributed by atoms with Crippen LogP contribution in [0.4, 0.5) is 0 Å². The van der Waals surface area contributed by atoms with Crippen LogP contribution >= 0.6 is 0 Å². The Bertz CT molecular complexity index is 610. The van der Waals surface area contributed by atoms with Crippen molar-refractivity contribution in [2.45, 2.75) is 32.6 Å². The molecular formula is C20H22O. The van der Waals surface area contributed by atoms with E-state index in [9.17, 15) is 4.79 Å². The van der Waals surface area contributed by atoms with E-state index in [0.29, 0.717) is 17.6 Å². The van der Waals surface area contributed by atoms with E-state index in [1.807, 2.05) is 18.2 Å². The van der Waals surface area contributed by atoms with Gasteiger partial charge < -0.3 is 0 Å². The molecule has 1 aliphatic carbocycles. The highest BCUT2D eigenvalue weighted by molar-refractivity contribution is 6.00. The first-order valence-electron chi connectivity index (χ1n) is 7.83. The molecule has 1 fully saturated rings. The Morgan fingerprint density at radius 1 is 1.05 bits per heavy atom. The van der Waals surface area contributed by atoms with Gasteiger partial charge in [0, 0.05) is 11.5 Å². The Hall–Kier alpha value is -1.89. The molecule has 2 aromatic carbocycles. The zero-order valence-electron chi connectivity index (χ0n) is 12.8. The molecule has 2 unspecified atom stereocenters. The van der Waals surface area contributed by atoms with Crippen molar-refractivity contribution in [3.63, 3.8) is 0 Å². The summed E-state index contributed by atoms with van der Waals surface area (Å²) in [4.78, 5) is 12.5. The Morgan fingerprint density at radius 3 is 2.33 bits per heavy atom. The third-order valence-corrected chi connectivity index (χ3v) is 4.24. The van der Waals surface area contributed by atoms with Gasteiger partial charge in [-0.2, -0.15) is 0 Å². The molecule has 3 rings (SSSR count). The monoisotopic (exact) mass is 278 g/mol. The van der Waals surface area contributed by atoms with Crippen molar-refractivity contribution >= 4 is 5.78 Å². The summed E-state index contributed by atoms with van der Waals surface area (Å²) in [6, 6.07) is 18.6. The first kappa shape index (κ1) is 14.1. The quantitative estimate of drug-likeness (QED) is 0.713. The lowest BCUT2D eigenvalue weighted by molar-refractivity contribution is 0.0965. The Morgan fingerprint density at radius 2 is 1.71 bits per heavy atom. The molecule has 0 amide bonds. The molecule has 1 heteroatoms. The van der Waals surface area contributed by atoms with Gasteiger partial charge in [0.1, 0.15) is 0 Å². The first-order chi connectivity index (χ1) is 10.1. The van der Waals surface area contributed by atoms with Crippen LogP contribution in [0.5, 0.6) is 0 Å². The van der Waals surface area contributed by atoms with Crippen molar-refractivity contribution in [3.8, 4) is 0 Å². The number of hydrogen-bond donors (Lipinski definition) is 0. The molecule has 1 nitrogen and oxygen atoms in total.